The number of carbonyl (C=O) groups is 1. The molecule has 5 fully saturated rings. The Morgan fingerprint density at radius 2 is 1.72 bits per heavy atom. The highest BCUT2D eigenvalue weighted by Gasteiger charge is 2.64. The van der Waals surface area contributed by atoms with Crippen LogP contribution in [0.4, 0.5) is 31.9 Å². The van der Waals surface area contributed by atoms with E-state index >= 15 is 8.78 Å². The van der Waals surface area contributed by atoms with Crippen LogP contribution in [0.15, 0.2) is 24.4 Å². The first-order valence-electron chi connectivity index (χ1n) is 16.1. The molecule has 0 spiro atoms. The topological polar surface area (TPSA) is 85.4 Å². The van der Waals surface area contributed by atoms with E-state index in [0.29, 0.717) is 23.3 Å². The molecule has 43 heavy (non-hydrogen) atoms. The van der Waals surface area contributed by atoms with Crippen molar-refractivity contribution in [3.05, 3.63) is 36.0 Å². The molecule has 5 aliphatic rings. The van der Waals surface area contributed by atoms with Crippen molar-refractivity contribution in [3.8, 4) is 0 Å². The van der Waals surface area contributed by atoms with Gasteiger partial charge in [0.2, 0.25) is 11.9 Å². The van der Waals surface area contributed by atoms with E-state index in [1.807, 2.05) is 13.0 Å². The largest absolute Gasteiger partial charge is 0.369 e. The van der Waals surface area contributed by atoms with E-state index in [9.17, 15) is 4.79 Å². The van der Waals surface area contributed by atoms with Crippen molar-refractivity contribution < 1.29 is 13.6 Å². The van der Waals surface area contributed by atoms with Crippen molar-refractivity contribution in [1.82, 2.24) is 20.2 Å². The Morgan fingerprint density at radius 1 is 1.00 bits per heavy atom. The van der Waals surface area contributed by atoms with Crippen LogP contribution in [-0.4, -0.2) is 65.6 Å². The molecule has 0 unspecified atom stereocenters. The third kappa shape index (κ3) is 5.56. The van der Waals surface area contributed by atoms with Gasteiger partial charge in [0.05, 0.1) is 23.3 Å². The number of rotatable bonds is 7. The van der Waals surface area contributed by atoms with E-state index in [1.165, 1.54) is 32.0 Å². The second kappa shape index (κ2) is 11.5. The zero-order valence-corrected chi connectivity index (χ0v) is 26.2. The van der Waals surface area contributed by atoms with Crippen LogP contribution in [0.3, 0.4) is 0 Å². The van der Waals surface area contributed by atoms with Gasteiger partial charge in [-0.3, -0.25) is 4.79 Å². The van der Waals surface area contributed by atoms with Crippen molar-refractivity contribution in [1.29, 1.82) is 0 Å². The van der Waals surface area contributed by atoms with Crippen LogP contribution in [-0.2, 0) is 4.79 Å². The van der Waals surface area contributed by atoms with Crippen molar-refractivity contribution in [2.45, 2.75) is 77.8 Å². The van der Waals surface area contributed by atoms with Crippen LogP contribution >= 0.6 is 0 Å². The number of piperidine rings is 2. The first-order valence-corrected chi connectivity index (χ1v) is 16.1. The van der Waals surface area contributed by atoms with Crippen LogP contribution < -0.4 is 20.9 Å². The van der Waals surface area contributed by atoms with E-state index in [-0.39, 0.29) is 40.7 Å². The van der Waals surface area contributed by atoms with Gasteiger partial charge in [-0.2, -0.15) is 4.98 Å². The molecule has 10 heteroatoms. The highest BCUT2D eigenvalue weighted by molar-refractivity contribution is 5.81. The second-order valence-electron chi connectivity index (χ2n) is 14.2. The monoisotopic (exact) mass is 595 g/mol. The van der Waals surface area contributed by atoms with Gasteiger partial charge in [0.15, 0.2) is 11.6 Å². The number of nitrogens with zero attached hydrogens (tertiary/aromatic N) is 4. The number of hydrogen-bond donors (Lipinski definition) is 3. The summed E-state index contributed by atoms with van der Waals surface area (Å²) in [6.07, 6.45) is 7.48. The van der Waals surface area contributed by atoms with Gasteiger partial charge in [0.1, 0.15) is 5.82 Å². The number of likely N-dealkylation sites (tertiary alicyclic amines) is 1. The number of hydrogen-bond acceptors (Lipinski definition) is 7. The number of aromatic nitrogens is 2. The minimum atomic E-state index is -0.682. The predicted molar refractivity (Wildman–Crippen MR) is 166 cm³/mol. The number of fused-ring (bicyclic) bond motifs is 2. The van der Waals surface area contributed by atoms with Gasteiger partial charge in [0.25, 0.3) is 0 Å². The quantitative estimate of drug-likeness (QED) is 0.373. The lowest BCUT2D eigenvalue weighted by atomic mass is 9.40. The van der Waals surface area contributed by atoms with Crippen molar-refractivity contribution >= 4 is 29.0 Å². The van der Waals surface area contributed by atoms with E-state index in [0.717, 1.165) is 50.9 Å². The third-order valence-electron chi connectivity index (χ3n) is 11.5. The minimum absolute atomic E-state index is 0.0393. The van der Waals surface area contributed by atoms with Crippen LogP contribution in [0.1, 0.15) is 66.2 Å². The van der Waals surface area contributed by atoms with Crippen LogP contribution in [0.25, 0.3) is 0 Å². The number of anilines is 4. The summed E-state index contributed by atoms with van der Waals surface area (Å²) in [5, 5.41) is 9.19. The van der Waals surface area contributed by atoms with Crippen molar-refractivity contribution in [2.75, 3.05) is 48.8 Å². The molecule has 1 aromatic carbocycles. The summed E-state index contributed by atoms with van der Waals surface area (Å²) in [4.78, 5) is 26.2. The SMILES string of the molecule is CNC(=O)[C@H]1C[C@H]2C[C@H](C2(C)C)[C@@]1(C)Nc1nc(Nc2ccc(N3CCC(N4CCC(C)CC4)CC3)c(F)c2)ncc1F. The molecular formula is C33H47F2N7O. The molecule has 1 amide bonds. The smallest absolute Gasteiger partial charge is 0.229 e. The molecule has 8 nitrogen and oxygen atoms in total. The fourth-order valence-corrected chi connectivity index (χ4v) is 8.54. The molecule has 1 aromatic heterocycles. The molecule has 234 valence electrons. The first-order chi connectivity index (χ1) is 20.5. The summed E-state index contributed by atoms with van der Waals surface area (Å²) in [5.74, 6) is 0.412. The Bertz CT molecular complexity index is 1340. The van der Waals surface area contributed by atoms with Gasteiger partial charge < -0.3 is 25.8 Å². The summed E-state index contributed by atoms with van der Waals surface area (Å²) >= 11 is 0. The van der Waals surface area contributed by atoms with Gasteiger partial charge in [-0.1, -0.05) is 20.8 Å². The number of amides is 1. The molecule has 2 aromatic rings. The summed E-state index contributed by atoms with van der Waals surface area (Å²) in [5.41, 5.74) is 0.451. The Kier molecular flexibility index (Phi) is 8.02. The summed E-state index contributed by atoms with van der Waals surface area (Å²) in [6.45, 7) is 12.8. The molecule has 3 aliphatic carbocycles. The molecule has 0 radical (unpaired) electrons. The second-order valence-corrected chi connectivity index (χ2v) is 14.2. The summed E-state index contributed by atoms with van der Waals surface area (Å²) in [7, 11) is 1.64. The molecule has 3 N–H and O–H groups in total. The zero-order chi connectivity index (χ0) is 30.5. The summed E-state index contributed by atoms with van der Waals surface area (Å²) in [6, 6.07) is 5.66. The van der Waals surface area contributed by atoms with E-state index in [4.69, 9.17) is 0 Å². The lowest BCUT2D eigenvalue weighted by molar-refractivity contribution is -0.155. The first kappa shape index (κ1) is 30.0. The van der Waals surface area contributed by atoms with E-state index < -0.39 is 11.4 Å². The average Bonchev–Trinajstić information content (AvgIpc) is 2.99. The highest BCUT2D eigenvalue weighted by atomic mass is 19.1. The molecule has 3 saturated carbocycles. The Balaban J connectivity index is 1.13. The number of nitrogens with one attached hydrogen (secondary N) is 3. The lowest BCUT2D eigenvalue weighted by Crippen LogP contribution is -2.69. The highest BCUT2D eigenvalue weighted by Crippen LogP contribution is 2.65. The van der Waals surface area contributed by atoms with Crippen molar-refractivity contribution in [2.24, 2.45) is 29.1 Å². The van der Waals surface area contributed by atoms with E-state index in [2.05, 4.69) is 56.5 Å². The summed E-state index contributed by atoms with van der Waals surface area (Å²) < 4.78 is 30.4. The molecule has 7 rings (SSSR count). The third-order valence-corrected chi connectivity index (χ3v) is 11.5. The standard InChI is InChI=1S/C33H47F2N7O/c1-20-8-12-41(13-9-20)23-10-14-42(15-11-23)27-7-6-22(18-25(27)34)38-31-37-19-26(35)29(39-31)40-33(4)24(30(43)36-5)16-21-17-28(33)32(21,2)3/h6-7,18-21,23-24,28H,8-17H2,1-5H3,(H,36,43)(H2,37,38,39,40)/t21-,24+,28+,33-/m0/s1. The van der Waals surface area contributed by atoms with Crippen LogP contribution in [0.5, 0.6) is 0 Å². The maximum atomic E-state index is 15.4. The van der Waals surface area contributed by atoms with Crippen molar-refractivity contribution in [3.63, 3.8) is 0 Å². The molecule has 2 saturated heterocycles. The Labute approximate surface area is 254 Å². The predicted octanol–water partition coefficient (Wildman–Crippen LogP) is 5.80. The molecule has 2 aliphatic heterocycles. The van der Waals surface area contributed by atoms with E-state index in [1.54, 1.807) is 13.1 Å². The van der Waals surface area contributed by atoms with Gasteiger partial charge in [-0.05, 0) is 99.9 Å². The lowest BCUT2D eigenvalue weighted by Gasteiger charge is -2.66. The molecule has 2 bridgehead atoms. The molecule has 4 atom stereocenters. The van der Waals surface area contributed by atoms with Gasteiger partial charge in [0, 0.05) is 31.9 Å². The fraction of sp³-hybridized carbons (Fsp3) is 0.667. The number of halogens is 2. The van der Waals surface area contributed by atoms with Crippen LogP contribution in [0, 0.1) is 40.7 Å². The van der Waals surface area contributed by atoms with Gasteiger partial charge >= 0.3 is 0 Å². The molecular weight excluding hydrogens is 548 g/mol. The zero-order valence-electron chi connectivity index (χ0n) is 26.2. The maximum absolute atomic E-state index is 15.4. The van der Waals surface area contributed by atoms with Gasteiger partial charge in [-0.15, -0.1) is 0 Å². The van der Waals surface area contributed by atoms with Crippen LogP contribution in [0.2, 0.25) is 0 Å². The average molecular weight is 596 g/mol. The minimum Gasteiger partial charge on any atom is -0.369 e. The Morgan fingerprint density at radius 3 is 2.37 bits per heavy atom. The maximum Gasteiger partial charge on any atom is 0.229 e. The Hall–Kier alpha value is -3.01. The molecule has 3 heterocycles. The fourth-order valence-electron chi connectivity index (χ4n) is 8.54. The van der Waals surface area contributed by atoms with Gasteiger partial charge in [-0.25, -0.2) is 13.8 Å². The normalized spacial score (nSPS) is 29.6. The number of benzene rings is 1. The number of carbonyl (C=O) groups excluding carboxylic acids is 1.